The number of phenols is 3. The number of benzene rings is 2. The van der Waals surface area contributed by atoms with Crippen molar-refractivity contribution in [2.75, 3.05) is 13.6 Å². The minimum absolute atomic E-state index is 0.0464. The molecule has 2 aromatic carbocycles. The first-order valence-corrected chi connectivity index (χ1v) is 10.2. The SMILES string of the molecule is CCC[NH+](C)c1cc(C2C(=S)NN=C2c2cc(C(C)C)c(O)cc2O)ccc1O. The van der Waals surface area contributed by atoms with Crippen molar-refractivity contribution >= 4 is 28.6 Å². The fraction of sp³-hybridized carbons (Fsp3) is 0.364. The van der Waals surface area contributed by atoms with Gasteiger partial charge < -0.3 is 20.2 Å². The lowest BCUT2D eigenvalue weighted by molar-refractivity contribution is -0.810. The van der Waals surface area contributed by atoms with E-state index in [9.17, 15) is 15.3 Å². The summed E-state index contributed by atoms with van der Waals surface area (Å²) in [5.74, 6) is -0.0151. The molecule has 0 bridgehead atoms. The van der Waals surface area contributed by atoms with Gasteiger partial charge in [-0.15, -0.1) is 0 Å². The van der Waals surface area contributed by atoms with E-state index in [4.69, 9.17) is 12.2 Å². The number of rotatable bonds is 6. The largest absolute Gasteiger partial charge is 0.508 e. The summed E-state index contributed by atoms with van der Waals surface area (Å²) in [4.78, 5) is 1.64. The van der Waals surface area contributed by atoms with Crippen molar-refractivity contribution in [1.29, 1.82) is 0 Å². The summed E-state index contributed by atoms with van der Waals surface area (Å²) in [5.41, 5.74) is 6.43. The molecule has 2 atom stereocenters. The first-order valence-electron chi connectivity index (χ1n) is 9.83. The molecule has 1 aliphatic rings. The molecular formula is C22H28N3O3S+. The van der Waals surface area contributed by atoms with Crippen LogP contribution in [0.5, 0.6) is 17.2 Å². The molecule has 3 rings (SSSR count). The smallest absolute Gasteiger partial charge is 0.177 e. The Labute approximate surface area is 176 Å². The molecule has 0 spiro atoms. The summed E-state index contributed by atoms with van der Waals surface area (Å²) in [6.07, 6.45) is 0.991. The molecule has 5 N–H and O–H groups in total. The monoisotopic (exact) mass is 414 g/mol. The van der Waals surface area contributed by atoms with E-state index in [0.717, 1.165) is 34.7 Å². The van der Waals surface area contributed by atoms with Gasteiger partial charge in [-0.05, 0) is 35.6 Å². The van der Waals surface area contributed by atoms with Gasteiger partial charge in [0.15, 0.2) is 11.4 Å². The standard InChI is InChI=1S/C22H27N3O3S/c1-5-8-25(4)16-9-13(6-7-17(16)26)20-21(23-24-22(20)29)15-10-14(12(2)3)18(27)11-19(15)28/h6-7,9-12,20,26-28H,5,8H2,1-4H3,(H,24,29)/p+1. The Kier molecular flexibility index (Phi) is 6.10. The minimum atomic E-state index is -0.353. The quantitative estimate of drug-likeness (QED) is 0.370. The second-order valence-electron chi connectivity index (χ2n) is 7.80. The van der Waals surface area contributed by atoms with Crippen LogP contribution in [0.4, 0.5) is 5.69 Å². The van der Waals surface area contributed by atoms with E-state index in [0.29, 0.717) is 16.3 Å². The highest BCUT2D eigenvalue weighted by molar-refractivity contribution is 7.80. The van der Waals surface area contributed by atoms with Crippen LogP contribution >= 0.6 is 12.2 Å². The predicted octanol–water partition coefficient (Wildman–Crippen LogP) is 2.90. The zero-order chi connectivity index (χ0) is 21.3. The first-order chi connectivity index (χ1) is 13.7. The average molecular weight is 415 g/mol. The van der Waals surface area contributed by atoms with Gasteiger partial charge in [0.05, 0.1) is 25.2 Å². The molecule has 0 amide bonds. The molecule has 2 aromatic rings. The molecule has 2 unspecified atom stereocenters. The van der Waals surface area contributed by atoms with Gasteiger partial charge in [0.25, 0.3) is 0 Å². The number of quaternary nitrogens is 1. The van der Waals surface area contributed by atoms with E-state index in [-0.39, 0.29) is 29.1 Å². The maximum absolute atomic E-state index is 10.5. The van der Waals surface area contributed by atoms with Crippen LogP contribution < -0.4 is 10.3 Å². The molecule has 0 radical (unpaired) electrons. The Balaban J connectivity index is 2.07. The fourth-order valence-electron chi connectivity index (χ4n) is 3.74. The lowest BCUT2D eigenvalue weighted by Crippen LogP contribution is -3.03. The second kappa shape index (κ2) is 8.39. The Bertz CT molecular complexity index is 972. The van der Waals surface area contributed by atoms with Crippen molar-refractivity contribution in [3.8, 4) is 17.2 Å². The van der Waals surface area contributed by atoms with Crippen molar-refractivity contribution < 1.29 is 20.2 Å². The third kappa shape index (κ3) is 4.06. The van der Waals surface area contributed by atoms with Crippen LogP contribution in [0.1, 0.15) is 55.7 Å². The van der Waals surface area contributed by atoms with Crippen LogP contribution in [-0.2, 0) is 0 Å². The van der Waals surface area contributed by atoms with Gasteiger partial charge >= 0.3 is 0 Å². The summed E-state index contributed by atoms with van der Waals surface area (Å²) in [7, 11) is 2.02. The molecule has 6 nitrogen and oxygen atoms in total. The van der Waals surface area contributed by atoms with Gasteiger partial charge in [-0.3, -0.25) is 5.43 Å². The highest BCUT2D eigenvalue weighted by Gasteiger charge is 2.33. The summed E-state index contributed by atoms with van der Waals surface area (Å²) < 4.78 is 0. The molecule has 0 saturated carbocycles. The zero-order valence-corrected chi connectivity index (χ0v) is 18.0. The van der Waals surface area contributed by atoms with E-state index in [1.54, 1.807) is 12.1 Å². The number of nitrogens with zero attached hydrogens (tertiary/aromatic N) is 1. The predicted molar refractivity (Wildman–Crippen MR) is 119 cm³/mol. The van der Waals surface area contributed by atoms with Crippen molar-refractivity contribution in [2.24, 2.45) is 5.10 Å². The highest BCUT2D eigenvalue weighted by Crippen LogP contribution is 2.37. The van der Waals surface area contributed by atoms with E-state index in [1.807, 2.05) is 33.0 Å². The van der Waals surface area contributed by atoms with Crippen LogP contribution in [0.2, 0.25) is 0 Å². The van der Waals surface area contributed by atoms with Crippen LogP contribution in [0.3, 0.4) is 0 Å². The molecular weight excluding hydrogens is 386 g/mol. The summed E-state index contributed by atoms with van der Waals surface area (Å²) >= 11 is 5.52. The molecule has 0 aliphatic carbocycles. The van der Waals surface area contributed by atoms with Gasteiger partial charge in [-0.25, -0.2) is 0 Å². The van der Waals surface area contributed by atoms with Gasteiger partial charge in [-0.2, -0.15) is 5.10 Å². The minimum Gasteiger partial charge on any atom is -0.508 e. The van der Waals surface area contributed by atoms with Crippen LogP contribution in [0.25, 0.3) is 0 Å². The second-order valence-corrected chi connectivity index (χ2v) is 8.24. The van der Waals surface area contributed by atoms with Crippen LogP contribution in [0, 0.1) is 0 Å². The number of nitrogens with one attached hydrogen (secondary N) is 2. The molecule has 29 heavy (non-hydrogen) atoms. The number of aromatic hydroxyl groups is 3. The summed E-state index contributed by atoms with van der Waals surface area (Å²) in [6.45, 7) is 6.95. The van der Waals surface area contributed by atoms with Crippen LogP contribution in [0.15, 0.2) is 35.4 Å². The highest BCUT2D eigenvalue weighted by atomic mass is 32.1. The van der Waals surface area contributed by atoms with Crippen molar-refractivity contribution in [2.45, 2.75) is 39.0 Å². The zero-order valence-electron chi connectivity index (χ0n) is 17.2. The van der Waals surface area contributed by atoms with Gasteiger partial charge in [0.1, 0.15) is 16.5 Å². The summed E-state index contributed by atoms with van der Waals surface area (Å²) in [5, 5.41) is 35.4. The number of phenolic OH excluding ortho intramolecular Hbond substituents is 3. The van der Waals surface area contributed by atoms with E-state index in [1.165, 1.54) is 6.07 Å². The molecule has 1 heterocycles. The van der Waals surface area contributed by atoms with Gasteiger partial charge in [-0.1, -0.05) is 39.1 Å². The Morgan fingerprint density at radius 2 is 1.83 bits per heavy atom. The number of thiocarbonyl (C=S) groups is 1. The van der Waals surface area contributed by atoms with E-state index in [2.05, 4.69) is 17.5 Å². The summed E-state index contributed by atoms with van der Waals surface area (Å²) in [6, 6.07) is 8.58. The number of hydrogen-bond donors (Lipinski definition) is 5. The molecule has 154 valence electrons. The van der Waals surface area contributed by atoms with Crippen molar-refractivity contribution in [3.05, 3.63) is 47.0 Å². The molecule has 0 fully saturated rings. The van der Waals surface area contributed by atoms with Gasteiger partial charge in [0, 0.05) is 17.7 Å². The lowest BCUT2D eigenvalue weighted by Gasteiger charge is -2.19. The third-order valence-electron chi connectivity index (χ3n) is 5.30. The Morgan fingerprint density at radius 3 is 2.48 bits per heavy atom. The Hall–Kier alpha value is -2.64. The molecule has 7 heteroatoms. The molecule has 0 aromatic heterocycles. The van der Waals surface area contributed by atoms with Gasteiger partial charge in [0.2, 0.25) is 0 Å². The number of hydrogen-bond acceptors (Lipinski definition) is 5. The van der Waals surface area contributed by atoms with E-state index >= 15 is 0 Å². The first kappa shape index (κ1) is 21.1. The van der Waals surface area contributed by atoms with Crippen LogP contribution in [-0.4, -0.2) is 39.6 Å². The normalized spacial score (nSPS) is 17.3. The van der Waals surface area contributed by atoms with Crippen molar-refractivity contribution in [3.63, 3.8) is 0 Å². The molecule has 1 aliphatic heterocycles. The lowest BCUT2D eigenvalue weighted by atomic mass is 9.87. The van der Waals surface area contributed by atoms with Crippen molar-refractivity contribution in [1.82, 2.24) is 5.43 Å². The number of hydrazone groups is 1. The fourth-order valence-corrected chi connectivity index (χ4v) is 4.03. The maximum Gasteiger partial charge on any atom is 0.177 e. The maximum atomic E-state index is 10.5. The topological polar surface area (TPSA) is 89.5 Å². The Morgan fingerprint density at radius 1 is 1.10 bits per heavy atom. The molecule has 0 saturated heterocycles. The average Bonchev–Trinajstić information content (AvgIpc) is 3.03. The third-order valence-corrected chi connectivity index (χ3v) is 5.63. The van der Waals surface area contributed by atoms with E-state index < -0.39 is 0 Å².